The first-order valence-electron chi connectivity index (χ1n) is 6.02. The molecular formula is C13H20N2O. The molecule has 2 rings (SSSR count). The lowest BCUT2D eigenvalue weighted by molar-refractivity contribution is 0.280. The minimum absolute atomic E-state index is 0.0757. The molecule has 1 N–H and O–H groups in total. The molecule has 1 heterocycles. The van der Waals surface area contributed by atoms with Crippen molar-refractivity contribution in [3.63, 3.8) is 0 Å². The molecule has 3 nitrogen and oxygen atoms in total. The first-order chi connectivity index (χ1) is 7.72. The van der Waals surface area contributed by atoms with Crippen LogP contribution in [0.3, 0.4) is 0 Å². The average Bonchev–Trinajstić information content (AvgIpc) is 2.81. The van der Waals surface area contributed by atoms with Crippen LogP contribution in [-0.2, 0) is 6.61 Å². The number of aryl methyl sites for hydroxylation is 1. The fraction of sp³-hybridized carbons (Fsp3) is 0.615. The summed E-state index contributed by atoms with van der Waals surface area (Å²) in [5.74, 6) is 1.03. The number of rotatable bonds is 3. The molecule has 16 heavy (non-hydrogen) atoms. The zero-order chi connectivity index (χ0) is 11.5. The van der Waals surface area contributed by atoms with Crippen LogP contribution in [0.1, 0.15) is 36.9 Å². The van der Waals surface area contributed by atoms with Crippen LogP contribution >= 0.6 is 0 Å². The van der Waals surface area contributed by atoms with Crippen LogP contribution in [0.2, 0.25) is 0 Å². The summed E-state index contributed by atoms with van der Waals surface area (Å²) in [6.07, 6.45) is 5.23. The van der Waals surface area contributed by atoms with Gasteiger partial charge in [0, 0.05) is 18.8 Å². The van der Waals surface area contributed by atoms with Gasteiger partial charge in [-0.05, 0) is 31.4 Å². The molecule has 1 aromatic heterocycles. The lowest BCUT2D eigenvalue weighted by atomic mass is 10.2. The van der Waals surface area contributed by atoms with Gasteiger partial charge >= 0.3 is 0 Å². The van der Waals surface area contributed by atoms with E-state index in [1.54, 1.807) is 0 Å². The molecule has 0 amide bonds. The number of aliphatic hydroxyl groups excluding tert-OH is 1. The SMILES string of the molecule is Cc1nc(N(C)C2CCCC2)ccc1CO. The van der Waals surface area contributed by atoms with Crippen molar-refractivity contribution in [2.75, 3.05) is 11.9 Å². The number of nitrogens with zero attached hydrogens (tertiary/aromatic N) is 2. The van der Waals surface area contributed by atoms with Gasteiger partial charge in [0.2, 0.25) is 0 Å². The number of anilines is 1. The second-order valence-electron chi connectivity index (χ2n) is 4.62. The highest BCUT2D eigenvalue weighted by atomic mass is 16.3. The standard InChI is InChI=1S/C13H20N2O/c1-10-11(9-16)7-8-13(14-10)15(2)12-5-3-4-6-12/h7-8,12,16H,3-6,9H2,1-2H3. The molecular weight excluding hydrogens is 200 g/mol. The fourth-order valence-electron chi connectivity index (χ4n) is 2.42. The lowest BCUT2D eigenvalue weighted by Crippen LogP contribution is -2.29. The first kappa shape index (κ1) is 11.4. The molecule has 0 bridgehead atoms. The number of hydrogen-bond acceptors (Lipinski definition) is 3. The summed E-state index contributed by atoms with van der Waals surface area (Å²) in [5, 5.41) is 9.11. The summed E-state index contributed by atoms with van der Waals surface area (Å²) in [4.78, 5) is 6.83. The van der Waals surface area contributed by atoms with Gasteiger partial charge in [0.15, 0.2) is 0 Å². The maximum Gasteiger partial charge on any atom is 0.128 e. The fourth-order valence-corrected chi connectivity index (χ4v) is 2.42. The minimum Gasteiger partial charge on any atom is -0.392 e. The molecule has 0 saturated heterocycles. The van der Waals surface area contributed by atoms with Gasteiger partial charge in [-0.3, -0.25) is 0 Å². The molecule has 0 unspecified atom stereocenters. The van der Waals surface area contributed by atoms with Gasteiger partial charge in [0.1, 0.15) is 5.82 Å². The largest absolute Gasteiger partial charge is 0.392 e. The number of pyridine rings is 1. The second kappa shape index (κ2) is 4.83. The molecule has 0 atom stereocenters. The molecule has 3 heteroatoms. The molecule has 0 radical (unpaired) electrons. The predicted octanol–water partition coefficient (Wildman–Crippen LogP) is 2.26. The van der Waals surface area contributed by atoms with Crippen LogP contribution < -0.4 is 4.90 Å². The van der Waals surface area contributed by atoms with Gasteiger partial charge < -0.3 is 10.0 Å². The molecule has 1 aromatic rings. The molecule has 1 aliphatic rings. The summed E-state index contributed by atoms with van der Waals surface area (Å²) in [5.41, 5.74) is 1.86. The molecule has 1 aliphatic carbocycles. The highest BCUT2D eigenvalue weighted by Crippen LogP contribution is 2.26. The summed E-state index contributed by atoms with van der Waals surface area (Å²) >= 11 is 0. The molecule has 0 aliphatic heterocycles. The Morgan fingerprint density at radius 2 is 2.06 bits per heavy atom. The van der Waals surface area contributed by atoms with Gasteiger partial charge in [-0.25, -0.2) is 4.98 Å². The number of aromatic nitrogens is 1. The van der Waals surface area contributed by atoms with Crippen molar-refractivity contribution >= 4 is 5.82 Å². The van der Waals surface area contributed by atoms with Gasteiger partial charge in [-0.2, -0.15) is 0 Å². The van der Waals surface area contributed by atoms with Crippen molar-refractivity contribution in [1.29, 1.82) is 0 Å². The summed E-state index contributed by atoms with van der Waals surface area (Å²) in [7, 11) is 2.12. The normalized spacial score (nSPS) is 16.7. The Morgan fingerprint density at radius 1 is 1.38 bits per heavy atom. The zero-order valence-corrected chi connectivity index (χ0v) is 10.1. The Morgan fingerprint density at radius 3 is 2.62 bits per heavy atom. The monoisotopic (exact) mass is 220 g/mol. The number of hydrogen-bond donors (Lipinski definition) is 1. The van der Waals surface area contributed by atoms with Crippen LogP contribution in [0.5, 0.6) is 0 Å². The van der Waals surface area contributed by atoms with E-state index in [1.165, 1.54) is 25.7 Å². The van der Waals surface area contributed by atoms with Crippen molar-refractivity contribution in [1.82, 2.24) is 4.98 Å². The van der Waals surface area contributed by atoms with E-state index in [9.17, 15) is 0 Å². The van der Waals surface area contributed by atoms with Crippen molar-refractivity contribution in [2.45, 2.75) is 45.3 Å². The Labute approximate surface area is 97.1 Å². The van der Waals surface area contributed by atoms with Crippen LogP contribution in [0.4, 0.5) is 5.82 Å². The minimum atomic E-state index is 0.0757. The van der Waals surface area contributed by atoms with E-state index in [2.05, 4.69) is 16.9 Å². The third-order valence-electron chi connectivity index (χ3n) is 3.58. The molecule has 88 valence electrons. The quantitative estimate of drug-likeness (QED) is 0.849. The van der Waals surface area contributed by atoms with Crippen LogP contribution in [0, 0.1) is 6.92 Å². The van der Waals surface area contributed by atoms with Crippen molar-refractivity contribution in [2.24, 2.45) is 0 Å². The third kappa shape index (κ3) is 2.19. The molecule has 0 aromatic carbocycles. The van der Waals surface area contributed by atoms with Gasteiger partial charge in [0.05, 0.1) is 6.61 Å². The molecule has 1 fully saturated rings. The van der Waals surface area contributed by atoms with Crippen LogP contribution in [0.15, 0.2) is 12.1 Å². The smallest absolute Gasteiger partial charge is 0.128 e. The first-order valence-corrected chi connectivity index (χ1v) is 6.02. The average molecular weight is 220 g/mol. The summed E-state index contributed by atoms with van der Waals surface area (Å²) < 4.78 is 0. The maximum atomic E-state index is 9.11. The summed E-state index contributed by atoms with van der Waals surface area (Å²) in [6.45, 7) is 2.03. The van der Waals surface area contributed by atoms with Gasteiger partial charge in [-0.15, -0.1) is 0 Å². The third-order valence-corrected chi connectivity index (χ3v) is 3.58. The van der Waals surface area contributed by atoms with Gasteiger partial charge in [-0.1, -0.05) is 18.9 Å². The number of aliphatic hydroxyl groups is 1. The zero-order valence-electron chi connectivity index (χ0n) is 10.1. The Balaban J connectivity index is 2.16. The van der Waals surface area contributed by atoms with Crippen LogP contribution in [-0.4, -0.2) is 23.2 Å². The van der Waals surface area contributed by atoms with Crippen molar-refractivity contribution in [3.8, 4) is 0 Å². The second-order valence-corrected chi connectivity index (χ2v) is 4.62. The van der Waals surface area contributed by atoms with E-state index in [0.717, 1.165) is 17.1 Å². The van der Waals surface area contributed by atoms with E-state index in [4.69, 9.17) is 5.11 Å². The van der Waals surface area contributed by atoms with E-state index in [1.807, 2.05) is 19.1 Å². The molecule has 1 saturated carbocycles. The van der Waals surface area contributed by atoms with Crippen LogP contribution in [0.25, 0.3) is 0 Å². The Bertz CT molecular complexity index is 359. The van der Waals surface area contributed by atoms with E-state index >= 15 is 0 Å². The molecule has 0 spiro atoms. The topological polar surface area (TPSA) is 36.4 Å². The lowest BCUT2D eigenvalue weighted by Gasteiger charge is -2.25. The van der Waals surface area contributed by atoms with Crippen molar-refractivity contribution in [3.05, 3.63) is 23.4 Å². The summed E-state index contributed by atoms with van der Waals surface area (Å²) in [6, 6.07) is 4.63. The van der Waals surface area contributed by atoms with Gasteiger partial charge in [0.25, 0.3) is 0 Å². The van der Waals surface area contributed by atoms with E-state index < -0.39 is 0 Å². The Hall–Kier alpha value is -1.09. The van der Waals surface area contributed by atoms with Crippen molar-refractivity contribution < 1.29 is 5.11 Å². The van der Waals surface area contributed by atoms with E-state index in [0.29, 0.717) is 6.04 Å². The highest BCUT2D eigenvalue weighted by molar-refractivity contribution is 5.42. The van der Waals surface area contributed by atoms with E-state index in [-0.39, 0.29) is 6.61 Å². The maximum absolute atomic E-state index is 9.11. The Kier molecular flexibility index (Phi) is 3.44. The highest BCUT2D eigenvalue weighted by Gasteiger charge is 2.20. The predicted molar refractivity (Wildman–Crippen MR) is 65.6 cm³/mol.